The Balaban J connectivity index is 1.84. The number of hydrogen-bond donors (Lipinski definition) is 1. The second-order valence-electron chi connectivity index (χ2n) is 5.22. The topological polar surface area (TPSA) is 61.6 Å². The first-order valence-electron chi connectivity index (χ1n) is 6.66. The molecule has 1 aliphatic rings. The van der Waals surface area contributed by atoms with Gasteiger partial charge in [-0.25, -0.2) is 9.78 Å². The number of amides is 2. The van der Waals surface area contributed by atoms with Crippen molar-refractivity contribution in [3.8, 4) is 0 Å². The summed E-state index contributed by atoms with van der Waals surface area (Å²) in [6, 6.07) is 0.433. The lowest BCUT2D eigenvalue weighted by atomic mass is 10.1. The summed E-state index contributed by atoms with van der Waals surface area (Å²) in [5, 5.41) is 2.90. The van der Waals surface area contributed by atoms with Crippen LogP contribution in [-0.2, 0) is 6.54 Å². The van der Waals surface area contributed by atoms with Gasteiger partial charge in [-0.1, -0.05) is 0 Å². The molecule has 6 nitrogen and oxygen atoms in total. The van der Waals surface area contributed by atoms with Crippen LogP contribution in [0.2, 0.25) is 0 Å². The van der Waals surface area contributed by atoms with E-state index in [9.17, 15) is 4.79 Å². The summed E-state index contributed by atoms with van der Waals surface area (Å²) in [4.78, 5) is 20.2. The predicted octanol–water partition coefficient (Wildman–Crippen LogP) is 1.22. The summed E-state index contributed by atoms with van der Waals surface area (Å²) in [5.41, 5.74) is 0.787. The molecule has 1 aromatic heterocycles. The summed E-state index contributed by atoms with van der Waals surface area (Å²) in [6.45, 7) is 3.88. The van der Waals surface area contributed by atoms with Crippen molar-refractivity contribution < 1.29 is 9.21 Å². The number of hydrogen-bond acceptors (Lipinski definition) is 4. The highest BCUT2D eigenvalue weighted by molar-refractivity contribution is 5.74. The number of likely N-dealkylation sites (tertiary alicyclic amines) is 1. The van der Waals surface area contributed by atoms with Crippen LogP contribution in [0.3, 0.4) is 0 Å². The highest BCUT2D eigenvalue weighted by atomic mass is 16.3. The van der Waals surface area contributed by atoms with Crippen molar-refractivity contribution in [2.75, 3.05) is 27.2 Å². The number of nitrogens with zero attached hydrogens (tertiary/aromatic N) is 3. The molecular weight excluding hydrogens is 244 g/mol. The minimum atomic E-state index is -0.0195. The third kappa shape index (κ3) is 3.47. The average Bonchev–Trinajstić information content (AvgIpc) is 2.81. The molecule has 1 atom stereocenters. The summed E-state index contributed by atoms with van der Waals surface area (Å²) in [6.07, 6.45) is 3.61. The highest BCUT2D eigenvalue weighted by Crippen LogP contribution is 2.14. The van der Waals surface area contributed by atoms with Crippen LogP contribution in [0, 0.1) is 6.92 Å². The molecule has 0 spiro atoms. The van der Waals surface area contributed by atoms with Crippen LogP contribution in [0.25, 0.3) is 0 Å². The quantitative estimate of drug-likeness (QED) is 0.893. The van der Waals surface area contributed by atoms with E-state index in [1.807, 2.05) is 11.8 Å². The Morgan fingerprint density at radius 3 is 3.05 bits per heavy atom. The Morgan fingerprint density at radius 2 is 2.42 bits per heavy atom. The van der Waals surface area contributed by atoms with Crippen molar-refractivity contribution >= 4 is 6.03 Å². The number of likely N-dealkylation sites (N-methyl/N-ethyl adjacent to an activating group) is 1. The summed E-state index contributed by atoms with van der Waals surface area (Å²) >= 11 is 0. The van der Waals surface area contributed by atoms with Gasteiger partial charge in [-0.3, -0.25) is 0 Å². The van der Waals surface area contributed by atoms with Crippen molar-refractivity contribution in [2.45, 2.75) is 32.4 Å². The Morgan fingerprint density at radius 1 is 1.63 bits per heavy atom. The number of carbonyl (C=O) groups is 1. The molecule has 0 aromatic carbocycles. The van der Waals surface area contributed by atoms with Gasteiger partial charge < -0.3 is 19.5 Å². The zero-order chi connectivity index (χ0) is 13.8. The molecule has 19 heavy (non-hydrogen) atoms. The predicted molar refractivity (Wildman–Crippen MR) is 71.8 cm³/mol. The van der Waals surface area contributed by atoms with Gasteiger partial charge in [0.15, 0.2) is 6.39 Å². The zero-order valence-corrected chi connectivity index (χ0v) is 11.8. The fourth-order valence-electron chi connectivity index (χ4n) is 2.33. The van der Waals surface area contributed by atoms with Gasteiger partial charge >= 0.3 is 6.03 Å². The van der Waals surface area contributed by atoms with Crippen LogP contribution in [-0.4, -0.2) is 54.0 Å². The van der Waals surface area contributed by atoms with Gasteiger partial charge in [0, 0.05) is 19.1 Å². The van der Waals surface area contributed by atoms with Gasteiger partial charge in [0.1, 0.15) is 11.5 Å². The number of nitrogens with one attached hydrogen (secondary N) is 1. The Bertz CT molecular complexity index is 430. The zero-order valence-electron chi connectivity index (χ0n) is 11.8. The number of urea groups is 1. The molecular formula is C13H22N4O2. The van der Waals surface area contributed by atoms with E-state index >= 15 is 0 Å². The monoisotopic (exact) mass is 266 g/mol. The normalized spacial score (nSPS) is 19.8. The lowest BCUT2D eigenvalue weighted by molar-refractivity contribution is 0.139. The molecule has 1 N–H and O–H groups in total. The standard InChI is InChI=1S/C13H22N4O2/c1-10-12(15-9-19-10)7-14-13(18)17-6-4-5-11(8-17)16(2)3/h9,11H,4-8H2,1-3H3,(H,14,18). The molecule has 1 unspecified atom stereocenters. The number of rotatable bonds is 3. The molecule has 2 rings (SSSR count). The second-order valence-corrected chi connectivity index (χ2v) is 5.22. The van der Waals surface area contributed by atoms with E-state index in [4.69, 9.17) is 4.42 Å². The van der Waals surface area contributed by atoms with Crippen molar-refractivity contribution in [1.29, 1.82) is 0 Å². The number of carbonyl (C=O) groups excluding carboxylic acids is 1. The Kier molecular flexibility index (Phi) is 4.42. The van der Waals surface area contributed by atoms with Crippen molar-refractivity contribution in [2.24, 2.45) is 0 Å². The van der Waals surface area contributed by atoms with Gasteiger partial charge in [-0.05, 0) is 33.9 Å². The third-order valence-electron chi connectivity index (χ3n) is 3.67. The lowest BCUT2D eigenvalue weighted by Crippen LogP contribution is -2.50. The first-order chi connectivity index (χ1) is 9.08. The first kappa shape index (κ1) is 13.9. The molecule has 1 aliphatic heterocycles. The lowest BCUT2D eigenvalue weighted by Gasteiger charge is -2.36. The van der Waals surface area contributed by atoms with E-state index < -0.39 is 0 Å². The van der Waals surface area contributed by atoms with Crippen LogP contribution < -0.4 is 5.32 Å². The Hall–Kier alpha value is -1.56. The molecule has 2 amide bonds. The van der Waals surface area contributed by atoms with Crippen molar-refractivity contribution in [1.82, 2.24) is 20.1 Å². The smallest absolute Gasteiger partial charge is 0.317 e. The van der Waals surface area contributed by atoms with E-state index in [1.54, 1.807) is 0 Å². The van der Waals surface area contributed by atoms with Crippen LogP contribution in [0.4, 0.5) is 4.79 Å². The molecule has 0 saturated carbocycles. The minimum absolute atomic E-state index is 0.0195. The van der Waals surface area contributed by atoms with Crippen LogP contribution in [0.15, 0.2) is 10.8 Å². The van der Waals surface area contributed by atoms with E-state index in [-0.39, 0.29) is 6.03 Å². The van der Waals surface area contributed by atoms with Gasteiger partial charge in [0.2, 0.25) is 0 Å². The largest absolute Gasteiger partial charge is 0.448 e. The molecule has 106 valence electrons. The fourth-order valence-corrected chi connectivity index (χ4v) is 2.33. The minimum Gasteiger partial charge on any atom is -0.448 e. The molecule has 1 fully saturated rings. The number of aryl methyl sites for hydroxylation is 1. The molecule has 1 aromatic rings. The first-order valence-corrected chi connectivity index (χ1v) is 6.66. The second kappa shape index (κ2) is 6.06. The Labute approximate surface area is 113 Å². The van der Waals surface area contributed by atoms with Gasteiger partial charge in [-0.15, -0.1) is 0 Å². The third-order valence-corrected chi connectivity index (χ3v) is 3.67. The molecule has 6 heteroatoms. The molecule has 0 bridgehead atoms. The highest BCUT2D eigenvalue weighted by Gasteiger charge is 2.24. The maximum atomic E-state index is 12.1. The SMILES string of the molecule is Cc1ocnc1CNC(=O)N1CCCC(N(C)C)C1. The van der Waals surface area contributed by atoms with Gasteiger partial charge in [0.05, 0.1) is 6.54 Å². The molecule has 0 aliphatic carbocycles. The van der Waals surface area contributed by atoms with E-state index in [0.29, 0.717) is 12.6 Å². The number of piperidine rings is 1. The average molecular weight is 266 g/mol. The molecule has 0 radical (unpaired) electrons. The van der Waals surface area contributed by atoms with Crippen LogP contribution in [0.1, 0.15) is 24.3 Å². The number of oxazole rings is 1. The van der Waals surface area contributed by atoms with Gasteiger partial charge in [-0.2, -0.15) is 0 Å². The van der Waals surface area contributed by atoms with Crippen LogP contribution in [0.5, 0.6) is 0 Å². The fraction of sp³-hybridized carbons (Fsp3) is 0.692. The van der Waals surface area contributed by atoms with E-state index in [1.165, 1.54) is 6.39 Å². The maximum Gasteiger partial charge on any atom is 0.317 e. The summed E-state index contributed by atoms with van der Waals surface area (Å²) < 4.78 is 5.11. The van der Waals surface area contributed by atoms with Crippen molar-refractivity contribution in [3.05, 3.63) is 17.8 Å². The molecule has 1 saturated heterocycles. The molecule has 2 heterocycles. The van der Waals surface area contributed by atoms with E-state index in [0.717, 1.165) is 37.4 Å². The van der Waals surface area contributed by atoms with E-state index in [2.05, 4.69) is 29.3 Å². The maximum absolute atomic E-state index is 12.1. The summed E-state index contributed by atoms with van der Waals surface area (Å²) in [7, 11) is 4.12. The van der Waals surface area contributed by atoms with Crippen LogP contribution >= 0.6 is 0 Å². The van der Waals surface area contributed by atoms with Crippen molar-refractivity contribution in [3.63, 3.8) is 0 Å². The summed E-state index contributed by atoms with van der Waals surface area (Å²) in [5.74, 6) is 0.755. The number of aromatic nitrogens is 1. The van der Waals surface area contributed by atoms with Gasteiger partial charge in [0.25, 0.3) is 0 Å².